The molecule has 1 fully saturated rings. The lowest BCUT2D eigenvalue weighted by atomic mass is 10.1. The second kappa shape index (κ2) is 5.19. The molecular formula is C14H18FN5. The SMILES string of the molecule is CCC(CC1CC1)n1nnnc1-c1ccc(N)cc1F. The molecule has 5 nitrogen and oxygen atoms in total. The molecule has 106 valence electrons. The van der Waals surface area contributed by atoms with E-state index in [0.717, 1.165) is 18.8 Å². The van der Waals surface area contributed by atoms with E-state index >= 15 is 0 Å². The predicted octanol–water partition coefficient (Wildman–Crippen LogP) is 2.81. The monoisotopic (exact) mass is 275 g/mol. The van der Waals surface area contributed by atoms with E-state index in [2.05, 4.69) is 22.4 Å². The fourth-order valence-corrected chi connectivity index (χ4v) is 2.51. The van der Waals surface area contributed by atoms with E-state index in [1.807, 2.05) is 0 Å². The van der Waals surface area contributed by atoms with Crippen molar-refractivity contribution in [2.45, 2.75) is 38.6 Å². The van der Waals surface area contributed by atoms with Crippen LogP contribution in [-0.4, -0.2) is 20.2 Å². The minimum Gasteiger partial charge on any atom is -0.399 e. The van der Waals surface area contributed by atoms with Crippen LogP contribution < -0.4 is 5.73 Å². The van der Waals surface area contributed by atoms with Crippen LogP contribution in [0.3, 0.4) is 0 Å². The maximum Gasteiger partial charge on any atom is 0.185 e. The van der Waals surface area contributed by atoms with Gasteiger partial charge in [-0.05, 0) is 47.4 Å². The summed E-state index contributed by atoms with van der Waals surface area (Å²) < 4.78 is 15.8. The summed E-state index contributed by atoms with van der Waals surface area (Å²) in [5.41, 5.74) is 6.38. The van der Waals surface area contributed by atoms with Gasteiger partial charge < -0.3 is 5.73 Å². The highest BCUT2D eigenvalue weighted by atomic mass is 19.1. The number of tetrazole rings is 1. The third kappa shape index (κ3) is 2.50. The second-order valence-electron chi connectivity index (χ2n) is 5.43. The van der Waals surface area contributed by atoms with Crippen molar-refractivity contribution in [2.75, 3.05) is 5.73 Å². The molecule has 20 heavy (non-hydrogen) atoms. The van der Waals surface area contributed by atoms with E-state index in [-0.39, 0.29) is 11.9 Å². The molecule has 6 heteroatoms. The largest absolute Gasteiger partial charge is 0.399 e. The molecule has 1 aliphatic carbocycles. The van der Waals surface area contributed by atoms with Crippen molar-refractivity contribution in [3.05, 3.63) is 24.0 Å². The quantitative estimate of drug-likeness (QED) is 0.852. The van der Waals surface area contributed by atoms with E-state index in [1.54, 1.807) is 16.8 Å². The first-order valence-corrected chi connectivity index (χ1v) is 7.02. The summed E-state index contributed by atoms with van der Waals surface area (Å²) >= 11 is 0. The van der Waals surface area contributed by atoms with Crippen molar-refractivity contribution in [3.8, 4) is 11.4 Å². The summed E-state index contributed by atoms with van der Waals surface area (Å²) in [6, 6.07) is 4.83. The number of aromatic nitrogens is 4. The Morgan fingerprint density at radius 3 is 2.90 bits per heavy atom. The second-order valence-corrected chi connectivity index (χ2v) is 5.43. The Bertz CT molecular complexity index is 605. The molecule has 1 aliphatic rings. The van der Waals surface area contributed by atoms with Crippen LogP contribution >= 0.6 is 0 Å². The number of nitrogens with two attached hydrogens (primary N) is 1. The lowest BCUT2D eigenvalue weighted by Gasteiger charge is -2.16. The summed E-state index contributed by atoms with van der Waals surface area (Å²) in [6.45, 7) is 2.11. The zero-order valence-electron chi connectivity index (χ0n) is 11.5. The van der Waals surface area contributed by atoms with Gasteiger partial charge in [-0.2, -0.15) is 0 Å². The van der Waals surface area contributed by atoms with Gasteiger partial charge >= 0.3 is 0 Å². The Morgan fingerprint density at radius 1 is 1.45 bits per heavy atom. The van der Waals surface area contributed by atoms with Crippen LogP contribution in [0, 0.1) is 11.7 Å². The lowest BCUT2D eigenvalue weighted by Crippen LogP contribution is -2.13. The normalized spacial score (nSPS) is 16.3. The van der Waals surface area contributed by atoms with Crippen molar-refractivity contribution in [3.63, 3.8) is 0 Å². The molecule has 0 radical (unpaired) electrons. The van der Waals surface area contributed by atoms with E-state index in [9.17, 15) is 4.39 Å². The summed E-state index contributed by atoms with van der Waals surface area (Å²) in [5.74, 6) is 0.866. The van der Waals surface area contributed by atoms with Crippen LogP contribution in [0.5, 0.6) is 0 Å². The van der Waals surface area contributed by atoms with Crippen molar-refractivity contribution in [2.24, 2.45) is 5.92 Å². The molecule has 2 aromatic rings. The van der Waals surface area contributed by atoms with Gasteiger partial charge in [-0.1, -0.05) is 19.8 Å². The fourth-order valence-electron chi connectivity index (χ4n) is 2.51. The van der Waals surface area contributed by atoms with Crippen LogP contribution in [0.15, 0.2) is 18.2 Å². The molecule has 1 atom stereocenters. The smallest absolute Gasteiger partial charge is 0.185 e. The number of nitrogen functional groups attached to an aromatic ring is 1. The van der Waals surface area contributed by atoms with Crippen LogP contribution in [0.4, 0.5) is 10.1 Å². The Morgan fingerprint density at radius 2 is 2.25 bits per heavy atom. The molecule has 1 aromatic heterocycles. The Labute approximate surface area is 117 Å². The molecule has 2 N–H and O–H groups in total. The van der Waals surface area contributed by atoms with Gasteiger partial charge in [0.15, 0.2) is 5.82 Å². The number of hydrogen-bond acceptors (Lipinski definition) is 4. The van der Waals surface area contributed by atoms with Gasteiger partial charge in [-0.25, -0.2) is 9.07 Å². The van der Waals surface area contributed by atoms with Crippen molar-refractivity contribution in [1.29, 1.82) is 0 Å². The van der Waals surface area contributed by atoms with Crippen LogP contribution in [0.2, 0.25) is 0 Å². The van der Waals surface area contributed by atoms with Gasteiger partial charge in [0.2, 0.25) is 0 Å². The van der Waals surface area contributed by atoms with Gasteiger partial charge in [0.1, 0.15) is 5.82 Å². The molecule has 1 unspecified atom stereocenters. The average Bonchev–Trinajstić information content (AvgIpc) is 3.12. The van der Waals surface area contributed by atoms with Crippen LogP contribution in [-0.2, 0) is 0 Å². The first kappa shape index (κ1) is 13.0. The molecule has 1 aromatic carbocycles. The highest BCUT2D eigenvalue weighted by Crippen LogP contribution is 2.38. The molecule has 1 saturated carbocycles. The average molecular weight is 275 g/mol. The minimum atomic E-state index is -0.387. The number of hydrogen-bond donors (Lipinski definition) is 1. The first-order valence-electron chi connectivity index (χ1n) is 7.02. The highest BCUT2D eigenvalue weighted by Gasteiger charge is 2.28. The lowest BCUT2D eigenvalue weighted by molar-refractivity contribution is 0.388. The van der Waals surface area contributed by atoms with Gasteiger partial charge in [0.25, 0.3) is 0 Å². The maximum absolute atomic E-state index is 14.0. The van der Waals surface area contributed by atoms with Crippen molar-refractivity contribution < 1.29 is 4.39 Å². The van der Waals surface area contributed by atoms with Gasteiger partial charge in [-0.15, -0.1) is 5.10 Å². The minimum absolute atomic E-state index is 0.226. The maximum atomic E-state index is 14.0. The van der Waals surface area contributed by atoms with Crippen molar-refractivity contribution in [1.82, 2.24) is 20.2 Å². The highest BCUT2D eigenvalue weighted by molar-refractivity contribution is 5.59. The van der Waals surface area contributed by atoms with Crippen LogP contribution in [0.25, 0.3) is 11.4 Å². The number of halogens is 1. The topological polar surface area (TPSA) is 69.6 Å². The van der Waals surface area contributed by atoms with Crippen molar-refractivity contribution >= 4 is 5.69 Å². The summed E-state index contributed by atoms with van der Waals surface area (Å²) in [6.07, 6.45) is 4.56. The third-order valence-corrected chi connectivity index (χ3v) is 3.85. The van der Waals surface area contributed by atoms with Gasteiger partial charge in [-0.3, -0.25) is 0 Å². The summed E-state index contributed by atoms with van der Waals surface area (Å²) in [5, 5.41) is 11.8. The number of anilines is 1. The van der Waals surface area contributed by atoms with Gasteiger partial charge in [0, 0.05) is 5.69 Å². The predicted molar refractivity (Wildman–Crippen MR) is 74.3 cm³/mol. The molecule has 0 saturated heterocycles. The Balaban J connectivity index is 1.95. The number of nitrogens with zero attached hydrogens (tertiary/aromatic N) is 4. The van der Waals surface area contributed by atoms with Crippen LogP contribution in [0.1, 0.15) is 38.6 Å². The van der Waals surface area contributed by atoms with Gasteiger partial charge in [0.05, 0.1) is 11.6 Å². The molecule has 0 bridgehead atoms. The standard InChI is InChI=1S/C14H18FN5/c1-2-11(7-9-3-4-9)20-14(17-18-19-20)12-6-5-10(16)8-13(12)15/h5-6,8-9,11H,2-4,7,16H2,1H3. The zero-order valence-corrected chi connectivity index (χ0v) is 11.5. The molecule has 3 rings (SSSR count). The van der Waals surface area contributed by atoms with E-state index in [1.165, 1.54) is 18.9 Å². The fraction of sp³-hybridized carbons (Fsp3) is 0.500. The Hall–Kier alpha value is -1.98. The molecular weight excluding hydrogens is 257 g/mol. The molecule has 0 aliphatic heterocycles. The molecule has 0 spiro atoms. The van der Waals surface area contributed by atoms with E-state index in [4.69, 9.17) is 5.73 Å². The van der Waals surface area contributed by atoms with E-state index in [0.29, 0.717) is 17.1 Å². The zero-order chi connectivity index (χ0) is 14.1. The molecule has 0 amide bonds. The molecule has 1 heterocycles. The summed E-state index contributed by atoms with van der Waals surface area (Å²) in [4.78, 5) is 0. The third-order valence-electron chi connectivity index (χ3n) is 3.85. The number of benzene rings is 1. The Kier molecular flexibility index (Phi) is 3.38. The first-order chi connectivity index (χ1) is 9.69. The number of rotatable bonds is 5. The van der Waals surface area contributed by atoms with E-state index < -0.39 is 0 Å². The summed E-state index contributed by atoms with van der Waals surface area (Å²) in [7, 11) is 0.